The van der Waals surface area contributed by atoms with Gasteiger partial charge in [0.25, 0.3) is 0 Å². The average molecular weight is 322 g/mol. The SMILES string of the molecule is COc1cccc(Nc2ncnc(NCc3cccnc3)c2N)c1. The zero-order chi connectivity index (χ0) is 16.8. The first kappa shape index (κ1) is 15.5. The molecule has 0 spiro atoms. The zero-order valence-electron chi connectivity index (χ0n) is 13.2. The quantitative estimate of drug-likeness (QED) is 0.642. The van der Waals surface area contributed by atoms with Crippen molar-refractivity contribution in [2.45, 2.75) is 6.54 Å². The molecule has 0 atom stereocenters. The summed E-state index contributed by atoms with van der Waals surface area (Å²) in [6, 6.07) is 11.4. The highest BCUT2D eigenvalue weighted by Gasteiger charge is 2.08. The third-order valence-corrected chi connectivity index (χ3v) is 3.40. The number of nitrogens with one attached hydrogen (secondary N) is 2. The number of anilines is 4. The predicted molar refractivity (Wildman–Crippen MR) is 94.3 cm³/mol. The van der Waals surface area contributed by atoms with Crippen molar-refractivity contribution in [2.24, 2.45) is 0 Å². The molecule has 0 saturated carbocycles. The lowest BCUT2D eigenvalue weighted by atomic mass is 10.3. The summed E-state index contributed by atoms with van der Waals surface area (Å²) < 4.78 is 5.21. The van der Waals surface area contributed by atoms with Crippen LogP contribution in [0.1, 0.15) is 5.56 Å². The van der Waals surface area contributed by atoms with Crippen molar-refractivity contribution in [2.75, 3.05) is 23.5 Å². The van der Waals surface area contributed by atoms with Crippen LogP contribution in [0.25, 0.3) is 0 Å². The van der Waals surface area contributed by atoms with Crippen LogP contribution in [0.4, 0.5) is 23.0 Å². The van der Waals surface area contributed by atoms with Gasteiger partial charge in [-0.05, 0) is 23.8 Å². The van der Waals surface area contributed by atoms with Crippen LogP contribution in [0.2, 0.25) is 0 Å². The molecule has 2 heterocycles. The Bertz CT molecular complexity index is 809. The van der Waals surface area contributed by atoms with E-state index in [2.05, 4.69) is 25.6 Å². The Morgan fingerprint density at radius 1 is 1.12 bits per heavy atom. The van der Waals surface area contributed by atoms with Gasteiger partial charge in [-0.3, -0.25) is 4.98 Å². The molecule has 4 N–H and O–H groups in total. The number of nitrogens with two attached hydrogens (primary N) is 1. The molecule has 7 heteroatoms. The number of rotatable bonds is 6. The van der Waals surface area contributed by atoms with E-state index < -0.39 is 0 Å². The minimum absolute atomic E-state index is 0.448. The fourth-order valence-electron chi connectivity index (χ4n) is 2.16. The fourth-order valence-corrected chi connectivity index (χ4v) is 2.16. The molecule has 2 aromatic heterocycles. The first-order valence-corrected chi connectivity index (χ1v) is 7.40. The molecule has 0 radical (unpaired) electrons. The van der Waals surface area contributed by atoms with Gasteiger partial charge in [-0.25, -0.2) is 9.97 Å². The summed E-state index contributed by atoms with van der Waals surface area (Å²) in [6.45, 7) is 0.577. The maximum absolute atomic E-state index is 6.17. The summed E-state index contributed by atoms with van der Waals surface area (Å²) in [5, 5.41) is 6.37. The minimum atomic E-state index is 0.448. The van der Waals surface area contributed by atoms with Gasteiger partial charge in [0.15, 0.2) is 11.6 Å². The van der Waals surface area contributed by atoms with Crippen molar-refractivity contribution in [3.05, 3.63) is 60.7 Å². The Kier molecular flexibility index (Phi) is 4.71. The standard InChI is InChI=1S/C17H18N6O/c1-24-14-6-2-5-13(8-14)23-17-15(18)16(21-11-22-17)20-10-12-4-3-7-19-9-12/h2-9,11H,10,18H2,1H3,(H2,20,21,22,23). The van der Waals surface area contributed by atoms with Crippen molar-refractivity contribution < 1.29 is 4.74 Å². The highest BCUT2D eigenvalue weighted by atomic mass is 16.5. The molecule has 0 unspecified atom stereocenters. The second kappa shape index (κ2) is 7.28. The van der Waals surface area contributed by atoms with E-state index in [9.17, 15) is 0 Å². The van der Waals surface area contributed by atoms with Crippen LogP contribution in [0, 0.1) is 0 Å². The molecule has 0 bridgehead atoms. The summed E-state index contributed by atoms with van der Waals surface area (Å²) in [7, 11) is 1.62. The Hall–Kier alpha value is -3.35. The molecule has 3 rings (SSSR count). The van der Waals surface area contributed by atoms with Crippen LogP contribution in [-0.2, 0) is 6.54 Å². The molecule has 0 amide bonds. The van der Waals surface area contributed by atoms with Crippen LogP contribution in [0.5, 0.6) is 5.75 Å². The Morgan fingerprint density at radius 3 is 2.79 bits per heavy atom. The van der Waals surface area contributed by atoms with E-state index >= 15 is 0 Å². The summed E-state index contributed by atoms with van der Waals surface area (Å²) in [4.78, 5) is 12.5. The second-order valence-electron chi connectivity index (χ2n) is 5.06. The van der Waals surface area contributed by atoms with Crippen LogP contribution in [0.3, 0.4) is 0 Å². The van der Waals surface area contributed by atoms with Gasteiger partial charge in [-0.15, -0.1) is 0 Å². The maximum atomic E-state index is 6.17. The number of benzene rings is 1. The van der Waals surface area contributed by atoms with E-state index in [1.807, 2.05) is 36.4 Å². The van der Waals surface area contributed by atoms with Crippen molar-refractivity contribution in [3.8, 4) is 5.75 Å². The van der Waals surface area contributed by atoms with Crippen LogP contribution >= 0.6 is 0 Å². The first-order chi connectivity index (χ1) is 11.8. The lowest BCUT2D eigenvalue weighted by Gasteiger charge is -2.13. The molecule has 0 aliphatic carbocycles. The van der Waals surface area contributed by atoms with Gasteiger partial charge < -0.3 is 21.1 Å². The fraction of sp³-hybridized carbons (Fsp3) is 0.118. The predicted octanol–water partition coefficient (Wildman–Crippen LogP) is 2.82. The summed E-state index contributed by atoms with van der Waals surface area (Å²) in [6.07, 6.45) is 4.99. The molecule has 0 fully saturated rings. The molecule has 7 nitrogen and oxygen atoms in total. The van der Waals surface area contributed by atoms with Gasteiger partial charge in [0.05, 0.1) is 7.11 Å². The maximum Gasteiger partial charge on any atom is 0.159 e. The summed E-state index contributed by atoms with van der Waals surface area (Å²) in [5.41, 5.74) is 8.49. The third-order valence-electron chi connectivity index (χ3n) is 3.40. The van der Waals surface area contributed by atoms with Crippen LogP contribution < -0.4 is 21.1 Å². The van der Waals surface area contributed by atoms with Crippen molar-refractivity contribution >= 4 is 23.0 Å². The Balaban J connectivity index is 1.75. The number of aromatic nitrogens is 3. The molecule has 0 aliphatic heterocycles. The van der Waals surface area contributed by atoms with E-state index in [1.165, 1.54) is 6.33 Å². The number of pyridine rings is 1. The number of ether oxygens (including phenoxy) is 1. The third kappa shape index (κ3) is 3.70. The molecule has 0 saturated heterocycles. The van der Waals surface area contributed by atoms with Gasteiger partial charge >= 0.3 is 0 Å². The molecular weight excluding hydrogens is 304 g/mol. The second-order valence-corrected chi connectivity index (χ2v) is 5.06. The number of methoxy groups -OCH3 is 1. The monoisotopic (exact) mass is 322 g/mol. The van der Waals surface area contributed by atoms with E-state index in [4.69, 9.17) is 10.5 Å². The van der Waals surface area contributed by atoms with Crippen molar-refractivity contribution in [1.82, 2.24) is 15.0 Å². The summed E-state index contributed by atoms with van der Waals surface area (Å²) in [5.74, 6) is 1.86. The van der Waals surface area contributed by atoms with Gasteiger partial charge in [0.2, 0.25) is 0 Å². The van der Waals surface area contributed by atoms with E-state index in [1.54, 1.807) is 19.5 Å². The van der Waals surface area contributed by atoms with Crippen LogP contribution in [0.15, 0.2) is 55.1 Å². The Labute approximate surface area is 139 Å². The van der Waals surface area contributed by atoms with E-state index in [0.717, 1.165) is 17.0 Å². The van der Waals surface area contributed by atoms with E-state index in [0.29, 0.717) is 23.9 Å². The number of hydrogen-bond acceptors (Lipinski definition) is 7. The van der Waals surface area contributed by atoms with E-state index in [-0.39, 0.29) is 0 Å². The average Bonchev–Trinajstić information content (AvgIpc) is 2.63. The topological polar surface area (TPSA) is 98.0 Å². The van der Waals surface area contributed by atoms with Crippen molar-refractivity contribution in [3.63, 3.8) is 0 Å². The minimum Gasteiger partial charge on any atom is -0.497 e. The normalized spacial score (nSPS) is 10.2. The molecular formula is C17H18N6O. The van der Waals surface area contributed by atoms with Crippen LogP contribution in [-0.4, -0.2) is 22.1 Å². The first-order valence-electron chi connectivity index (χ1n) is 7.40. The van der Waals surface area contributed by atoms with Gasteiger partial charge in [-0.2, -0.15) is 0 Å². The summed E-state index contributed by atoms with van der Waals surface area (Å²) >= 11 is 0. The van der Waals surface area contributed by atoms with Gasteiger partial charge in [-0.1, -0.05) is 12.1 Å². The highest BCUT2D eigenvalue weighted by Crippen LogP contribution is 2.27. The zero-order valence-corrected chi connectivity index (χ0v) is 13.2. The number of nitrogen functional groups attached to an aromatic ring is 1. The van der Waals surface area contributed by atoms with Gasteiger partial charge in [0.1, 0.15) is 17.8 Å². The highest BCUT2D eigenvalue weighted by molar-refractivity contribution is 5.77. The largest absolute Gasteiger partial charge is 0.497 e. The molecule has 0 aliphatic rings. The molecule has 3 aromatic rings. The van der Waals surface area contributed by atoms with Gasteiger partial charge in [0, 0.05) is 30.7 Å². The number of nitrogens with zero attached hydrogens (tertiary/aromatic N) is 3. The smallest absolute Gasteiger partial charge is 0.159 e. The molecule has 24 heavy (non-hydrogen) atoms. The van der Waals surface area contributed by atoms with Crippen molar-refractivity contribution in [1.29, 1.82) is 0 Å². The Morgan fingerprint density at radius 2 is 2.00 bits per heavy atom. The molecule has 1 aromatic carbocycles. The number of hydrogen-bond donors (Lipinski definition) is 3. The lowest BCUT2D eigenvalue weighted by Crippen LogP contribution is -2.08. The lowest BCUT2D eigenvalue weighted by molar-refractivity contribution is 0.415. The molecule has 122 valence electrons.